The molecule has 2 aromatic rings. The van der Waals surface area contributed by atoms with E-state index in [9.17, 15) is 4.79 Å². The summed E-state index contributed by atoms with van der Waals surface area (Å²) < 4.78 is 0. The number of rotatable bonds is 2. The van der Waals surface area contributed by atoms with Crippen LogP contribution in [0.15, 0.2) is 24.3 Å². The lowest BCUT2D eigenvalue weighted by Gasteiger charge is -2.11. The molecule has 0 radical (unpaired) electrons. The van der Waals surface area contributed by atoms with Crippen molar-refractivity contribution >= 4 is 40.5 Å². The van der Waals surface area contributed by atoms with Gasteiger partial charge in [0.15, 0.2) is 5.15 Å². The molecule has 0 saturated carbocycles. The summed E-state index contributed by atoms with van der Waals surface area (Å²) in [6.07, 6.45) is 0. The zero-order valence-corrected chi connectivity index (χ0v) is 12.5. The van der Waals surface area contributed by atoms with E-state index in [-0.39, 0.29) is 16.2 Å². The van der Waals surface area contributed by atoms with Gasteiger partial charge < -0.3 is 11.1 Å². The van der Waals surface area contributed by atoms with Crippen LogP contribution in [-0.4, -0.2) is 10.9 Å². The molecule has 0 atom stereocenters. The molecule has 1 aromatic heterocycles. The topological polar surface area (TPSA) is 68.0 Å². The standard InChI is InChI=1S/C14H13Cl2N3O/c1-7-3-4-9(6-10(7)17)14(20)19-12-8(2)5-11(15)18-13(12)16/h3-6H,17H2,1-2H3,(H,19,20). The number of aryl methyl sites for hydroxylation is 2. The van der Waals surface area contributed by atoms with Crippen molar-refractivity contribution in [1.29, 1.82) is 0 Å². The van der Waals surface area contributed by atoms with Crippen molar-refractivity contribution in [2.24, 2.45) is 0 Å². The first-order chi connectivity index (χ1) is 9.38. The lowest BCUT2D eigenvalue weighted by atomic mass is 10.1. The SMILES string of the molecule is Cc1ccc(C(=O)Nc2c(C)cc(Cl)nc2Cl)cc1N. The third-order valence-electron chi connectivity index (χ3n) is 2.92. The lowest BCUT2D eigenvalue weighted by Crippen LogP contribution is -2.14. The van der Waals surface area contributed by atoms with Gasteiger partial charge in [0.1, 0.15) is 5.15 Å². The van der Waals surface area contributed by atoms with Crippen LogP contribution < -0.4 is 11.1 Å². The van der Waals surface area contributed by atoms with Crippen LogP contribution in [0.25, 0.3) is 0 Å². The van der Waals surface area contributed by atoms with Crippen molar-refractivity contribution in [1.82, 2.24) is 4.98 Å². The quantitative estimate of drug-likeness (QED) is 0.654. The summed E-state index contributed by atoms with van der Waals surface area (Å²) in [4.78, 5) is 16.1. The molecule has 0 aliphatic rings. The summed E-state index contributed by atoms with van der Waals surface area (Å²) >= 11 is 11.8. The number of nitrogens with one attached hydrogen (secondary N) is 1. The van der Waals surface area contributed by atoms with E-state index in [1.165, 1.54) is 0 Å². The highest BCUT2D eigenvalue weighted by Crippen LogP contribution is 2.27. The monoisotopic (exact) mass is 309 g/mol. The third kappa shape index (κ3) is 3.03. The summed E-state index contributed by atoms with van der Waals surface area (Å²) in [6, 6.07) is 6.75. The Morgan fingerprint density at radius 3 is 2.50 bits per heavy atom. The smallest absolute Gasteiger partial charge is 0.255 e. The fourth-order valence-electron chi connectivity index (χ4n) is 1.71. The zero-order valence-electron chi connectivity index (χ0n) is 11.0. The second kappa shape index (κ2) is 5.69. The van der Waals surface area contributed by atoms with Crippen LogP contribution in [0, 0.1) is 13.8 Å². The maximum atomic E-state index is 12.2. The second-order valence-electron chi connectivity index (χ2n) is 4.45. The average Bonchev–Trinajstić information content (AvgIpc) is 2.36. The molecule has 1 aromatic carbocycles. The van der Waals surface area contributed by atoms with E-state index in [1.54, 1.807) is 31.2 Å². The van der Waals surface area contributed by atoms with Crippen molar-refractivity contribution in [2.45, 2.75) is 13.8 Å². The van der Waals surface area contributed by atoms with Crippen LogP contribution in [0.1, 0.15) is 21.5 Å². The van der Waals surface area contributed by atoms with Gasteiger partial charge in [0, 0.05) is 11.3 Å². The molecule has 3 N–H and O–H groups in total. The van der Waals surface area contributed by atoms with Gasteiger partial charge in [0.25, 0.3) is 5.91 Å². The molecule has 4 nitrogen and oxygen atoms in total. The fourth-order valence-corrected chi connectivity index (χ4v) is 2.29. The average molecular weight is 310 g/mol. The molecule has 104 valence electrons. The van der Waals surface area contributed by atoms with Crippen molar-refractivity contribution in [3.63, 3.8) is 0 Å². The number of hydrogen-bond acceptors (Lipinski definition) is 3. The van der Waals surface area contributed by atoms with E-state index in [0.29, 0.717) is 16.9 Å². The van der Waals surface area contributed by atoms with Crippen LogP contribution >= 0.6 is 23.2 Å². The number of hydrogen-bond donors (Lipinski definition) is 2. The van der Waals surface area contributed by atoms with Gasteiger partial charge in [-0.15, -0.1) is 0 Å². The summed E-state index contributed by atoms with van der Waals surface area (Å²) in [7, 11) is 0. The molecule has 0 bridgehead atoms. The Morgan fingerprint density at radius 2 is 1.90 bits per heavy atom. The largest absolute Gasteiger partial charge is 0.398 e. The predicted octanol–water partition coefficient (Wildman–Crippen LogP) is 3.84. The van der Waals surface area contributed by atoms with E-state index in [4.69, 9.17) is 28.9 Å². The van der Waals surface area contributed by atoms with Gasteiger partial charge in [-0.2, -0.15) is 0 Å². The Kier molecular flexibility index (Phi) is 4.16. The second-order valence-corrected chi connectivity index (χ2v) is 5.20. The molecule has 6 heteroatoms. The van der Waals surface area contributed by atoms with Gasteiger partial charge in [-0.05, 0) is 43.2 Å². The van der Waals surface area contributed by atoms with Gasteiger partial charge in [-0.25, -0.2) is 4.98 Å². The van der Waals surface area contributed by atoms with Gasteiger partial charge in [-0.1, -0.05) is 29.3 Å². The molecular weight excluding hydrogens is 297 g/mol. The van der Waals surface area contributed by atoms with E-state index in [1.807, 2.05) is 6.92 Å². The number of pyridine rings is 1. The fraction of sp³-hybridized carbons (Fsp3) is 0.143. The van der Waals surface area contributed by atoms with Crippen molar-refractivity contribution < 1.29 is 4.79 Å². The first-order valence-corrected chi connectivity index (χ1v) is 6.64. The Morgan fingerprint density at radius 1 is 1.20 bits per heavy atom. The van der Waals surface area contributed by atoms with Gasteiger partial charge >= 0.3 is 0 Å². The van der Waals surface area contributed by atoms with E-state index in [0.717, 1.165) is 11.1 Å². The molecule has 1 heterocycles. The van der Waals surface area contributed by atoms with Crippen molar-refractivity contribution in [2.75, 3.05) is 11.1 Å². The molecule has 20 heavy (non-hydrogen) atoms. The Labute approximate surface area is 126 Å². The number of nitrogens with two attached hydrogens (primary N) is 1. The molecule has 0 aliphatic carbocycles. The highest BCUT2D eigenvalue weighted by Gasteiger charge is 2.13. The molecule has 2 rings (SSSR count). The number of amides is 1. The number of nitrogens with zero attached hydrogens (tertiary/aromatic N) is 1. The number of carbonyl (C=O) groups excluding carboxylic acids is 1. The van der Waals surface area contributed by atoms with E-state index in [2.05, 4.69) is 10.3 Å². The number of benzene rings is 1. The number of anilines is 2. The first-order valence-electron chi connectivity index (χ1n) is 5.88. The lowest BCUT2D eigenvalue weighted by molar-refractivity contribution is 0.102. The van der Waals surface area contributed by atoms with Gasteiger partial charge in [0.2, 0.25) is 0 Å². The van der Waals surface area contributed by atoms with E-state index >= 15 is 0 Å². The number of aromatic nitrogens is 1. The number of nitrogen functional groups attached to an aromatic ring is 1. The highest BCUT2D eigenvalue weighted by atomic mass is 35.5. The van der Waals surface area contributed by atoms with Crippen molar-refractivity contribution in [3.8, 4) is 0 Å². The first kappa shape index (κ1) is 14.6. The number of carbonyl (C=O) groups is 1. The Balaban J connectivity index is 2.30. The highest BCUT2D eigenvalue weighted by molar-refractivity contribution is 6.35. The summed E-state index contributed by atoms with van der Waals surface area (Å²) in [5.41, 5.74) is 8.92. The normalized spacial score (nSPS) is 10.4. The van der Waals surface area contributed by atoms with E-state index < -0.39 is 0 Å². The van der Waals surface area contributed by atoms with Crippen LogP contribution in [-0.2, 0) is 0 Å². The molecule has 0 unspecified atom stereocenters. The minimum absolute atomic E-state index is 0.156. The molecule has 1 amide bonds. The van der Waals surface area contributed by atoms with Crippen LogP contribution in [0.4, 0.5) is 11.4 Å². The van der Waals surface area contributed by atoms with Gasteiger partial charge in [-0.3, -0.25) is 4.79 Å². The molecule has 0 fully saturated rings. The van der Waals surface area contributed by atoms with Crippen LogP contribution in [0.2, 0.25) is 10.3 Å². The maximum Gasteiger partial charge on any atom is 0.255 e. The summed E-state index contributed by atoms with van der Waals surface area (Å²) in [5, 5.41) is 3.16. The zero-order chi connectivity index (χ0) is 14.9. The predicted molar refractivity (Wildman–Crippen MR) is 82.5 cm³/mol. The Bertz CT molecular complexity index is 663. The van der Waals surface area contributed by atoms with Crippen LogP contribution in [0.5, 0.6) is 0 Å². The summed E-state index contributed by atoms with van der Waals surface area (Å²) in [5.74, 6) is -0.300. The molecule has 0 spiro atoms. The third-order valence-corrected chi connectivity index (χ3v) is 3.39. The van der Waals surface area contributed by atoms with Crippen molar-refractivity contribution in [3.05, 3.63) is 51.3 Å². The maximum absolute atomic E-state index is 12.2. The molecular formula is C14H13Cl2N3O. The Hall–Kier alpha value is -1.78. The summed E-state index contributed by atoms with van der Waals surface area (Å²) in [6.45, 7) is 3.67. The van der Waals surface area contributed by atoms with Crippen LogP contribution in [0.3, 0.4) is 0 Å². The molecule has 0 saturated heterocycles. The molecule has 0 aliphatic heterocycles. The number of halogens is 2. The minimum atomic E-state index is -0.300. The van der Waals surface area contributed by atoms with Gasteiger partial charge in [0.05, 0.1) is 5.69 Å². The minimum Gasteiger partial charge on any atom is -0.398 e.